The van der Waals surface area contributed by atoms with Gasteiger partial charge in [-0.3, -0.25) is 14.8 Å². The van der Waals surface area contributed by atoms with Crippen LogP contribution in [0.4, 0.5) is 0 Å². The number of nitrogens with zero attached hydrogens (tertiary/aromatic N) is 2. The van der Waals surface area contributed by atoms with E-state index in [2.05, 4.69) is 9.97 Å². The van der Waals surface area contributed by atoms with Gasteiger partial charge in [-0.15, -0.1) is 11.8 Å². The fraction of sp³-hybridized carbons (Fsp3) is 0.167. The van der Waals surface area contributed by atoms with Gasteiger partial charge >= 0.3 is 5.97 Å². The number of carboxylic acid groups (broad SMARTS) is 1. The van der Waals surface area contributed by atoms with Crippen LogP contribution in [0.5, 0.6) is 0 Å². The molecule has 0 amide bonds. The third-order valence-corrected chi connectivity index (χ3v) is 5.01. The average Bonchev–Trinajstić information content (AvgIpc) is 2.59. The monoisotopic (exact) mass is 324 g/mol. The Kier molecular flexibility index (Phi) is 4.57. The van der Waals surface area contributed by atoms with Crippen LogP contribution < -0.4 is 0 Å². The lowest BCUT2D eigenvalue weighted by molar-refractivity contribution is -0.136. The molecule has 1 aromatic carbocycles. The number of rotatable bonds is 5. The van der Waals surface area contributed by atoms with E-state index in [1.165, 1.54) is 11.8 Å². The van der Waals surface area contributed by atoms with Gasteiger partial charge in [-0.1, -0.05) is 19.1 Å². The van der Waals surface area contributed by atoms with Crippen LogP contribution in [-0.2, 0) is 4.79 Å². The molecule has 0 aliphatic carbocycles. The van der Waals surface area contributed by atoms with Gasteiger partial charge in [0.15, 0.2) is 0 Å². The minimum Gasteiger partial charge on any atom is -0.480 e. The summed E-state index contributed by atoms with van der Waals surface area (Å²) in [6, 6.07) is 13.6. The van der Waals surface area contributed by atoms with Crippen molar-refractivity contribution in [2.75, 3.05) is 0 Å². The largest absolute Gasteiger partial charge is 0.480 e. The molecule has 0 saturated carbocycles. The van der Waals surface area contributed by atoms with Crippen molar-refractivity contribution in [1.29, 1.82) is 0 Å². The van der Waals surface area contributed by atoms with Gasteiger partial charge in [0.1, 0.15) is 5.25 Å². The molecular formula is C18H16N2O2S. The molecule has 4 nitrogen and oxygen atoms in total. The van der Waals surface area contributed by atoms with Gasteiger partial charge in [-0.25, -0.2) is 0 Å². The molecule has 1 unspecified atom stereocenters. The molecule has 5 heteroatoms. The number of fused-ring (bicyclic) bond motifs is 1. The van der Waals surface area contributed by atoms with E-state index in [4.69, 9.17) is 0 Å². The van der Waals surface area contributed by atoms with E-state index in [1.54, 1.807) is 12.4 Å². The summed E-state index contributed by atoms with van der Waals surface area (Å²) in [5.41, 5.74) is 2.74. The second kappa shape index (κ2) is 6.79. The Labute approximate surface area is 138 Å². The number of carboxylic acids is 1. The van der Waals surface area contributed by atoms with E-state index in [-0.39, 0.29) is 0 Å². The normalized spacial score (nSPS) is 12.2. The molecular weight excluding hydrogens is 308 g/mol. The lowest BCUT2D eigenvalue weighted by atomic mass is 10.1. The molecule has 0 aliphatic heterocycles. The fourth-order valence-corrected chi connectivity index (χ4v) is 3.38. The molecule has 3 rings (SSSR count). The zero-order chi connectivity index (χ0) is 16.2. The highest BCUT2D eigenvalue weighted by Crippen LogP contribution is 2.33. The van der Waals surface area contributed by atoms with Crippen LogP contribution in [-0.4, -0.2) is 26.3 Å². The number of hydrogen-bond donors (Lipinski definition) is 1. The number of pyridine rings is 2. The number of aliphatic carboxylic acids is 1. The number of hydrogen-bond acceptors (Lipinski definition) is 4. The number of carbonyl (C=O) groups is 1. The van der Waals surface area contributed by atoms with E-state index >= 15 is 0 Å². The minimum atomic E-state index is -0.789. The Bertz CT molecular complexity index is 837. The molecule has 0 radical (unpaired) electrons. The highest BCUT2D eigenvalue weighted by atomic mass is 32.2. The van der Waals surface area contributed by atoms with Gasteiger partial charge < -0.3 is 5.11 Å². The quantitative estimate of drug-likeness (QED) is 0.711. The second-order valence-electron chi connectivity index (χ2n) is 5.11. The first-order chi connectivity index (χ1) is 11.2. The zero-order valence-corrected chi connectivity index (χ0v) is 13.5. The SMILES string of the molecule is CCC(Sc1ccnc2ccc(-c3ccccn3)cc12)C(=O)O. The van der Waals surface area contributed by atoms with Crippen molar-refractivity contribution in [3.63, 3.8) is 0 Å². The highest BCUT2D eigenvalue weighted by Gasteiger charge is 2.18. The van der Waals surface area contributed by atoms with Gasteiger partial charge in [0.05, 0.1) is 11.2 Å². The van der Waals surface area contributed by atoms with Gasteiger partial charge in [-0.05, 0) is 36.8 Å². The van der Waals surface area contributed by atoms with Crippen LogP contribution in [0.25, 0.3) is 22.2 Å². The van der Waals surface area contributed by atoms with Crippen LogP contribution >= 0.6 is 11.8 Å². The maximum absolute atomic E-state index is 11.3. The maximum atomic E-state index is 11.3. The average molecular weight is 324 g/mol. The first kappa shape index (κ1) is 15.5. The molecule has 1 N–H and O–H groups in total. The van der Waals surface area contributed by atoms with Gasteiger partial charge in [0, 0.05) is 28.2 Å². The summed E-state index contributed by atoms with van der Waals surface area (Å²) in [4.78, 5) is 21.0. The maximum Gasteiger partial charge on any atom is 0.316 e. The van der Waals surface area contributed by atoms with Crippen molar-refractivity contribution in [3.8, 4) is 11.3 Å². The Balaban J connectivity index is 2.06. The van der Waals surface area contributed by atoms with Crippen LogP contribution in [0.1, 0.15) is 13.3 Å². The molecule has 0 bridgehead atoms. The third-order valence-electron chi connectivity index (χ3n) is 3.58. The van der Waals surface area contributed by atoms with E-state index in [0.717, 1.165) is 27.1 Å². The van der Waals surface area contributed by atoms with Gasteiger partial charge in [-0.2, -0.15) is 0 Å². The lowest BCUT2D eigenvalue weighted by Gasteiger charge is -2.12. The molecule has 116 valence electrons. The first-order valence-corrected chi connectivity index (χ1v) is 8.26. The second-order valence-corrected chi connectivity index (χ2v) is 6.35. The topological polar surface area (TPSA) is 63.1 Å². The summed E-state index contributed by atoms with van der Waals surface area (Å²) in [6.07, 6.45) is 4.05. The van der Waals surface area contributed by atoms with Crippen molar-refractivity contribution in [2.24, 2.45) is 0 Å². The Morgan fingerprint density at radius 2 is 2.04 bits per heavy atom. The molecule has 2 heterocycles. The van der Waals surface area contributed by atoms with Crippen LogP contribution in [0, 0.1) is 0 Å². The van der Waals surface area contributed by atoms with Crippen molar-refractivity contribution >= 4 is 28.6 Å². The predicted molar refractivity (Wildman–Crippen MR) is 92.5 cm³/mol. The molecule has 0 fully saturated rings. The summed E-state index contributed by atoms with van der Waals surface area (Å²) >= 11 is 1.37. The van der Waals surface area contributed by atoms with E-state index < -0.39 is 11.2 Å². The summed E-state index contributed by atoms with van der Waals surface area (Å²) in [5.74, 6) is -0.789. The number of aromatic nitrogens is 2. The molecule has 0 aliphatic rings. The fourth-order valence-electron chi connectivity index (χ4n) is 2.38. The number of benzene rings is 1. The number of thioether (sulfide) groups is 1. The molecule has 0 spiro atoms. The van der Waals surface area contributed by atoms with E-state index in [9.17, 15) is 9.90 Å². The Hall–Kier alpha value is -2.40. The zero-order valence-electron chi connectivity index (χ0n) is 12.6. The summed E-state index contributed by atoms with van der Waals surface area (Å²) in [6.45, 7) is 1.88. The van der Waals surface area contributed by atoms with Crippen molar-refractivity contribution in [2.45, 2.75) is 23.5 Å². The molecule has 1 atom stereocenters. The van der Waals surface area contributed by atoms with Crippen molar-refractivity contribution in [3.05, 3.63) is 54.9 Å². The van der Waals surface area contributed by atoms with Crippen LogP contribution in [0.15, 0.2) is 59.8 Å². The Morgan fingerprint density at radius 3 is 2.74 bits per heavy atom. The summed E-state index contributed by atoms with van der Waals surface area (Å²) in [7, 11) is 0. The van der Waals surface area contributed by atoms with Crippen LogP contribution in [0.2, 0.25) is 0 Å². The van der Waals surface area contributed by atoms with Crippen LogP contribution in [0.3, 0.4) is 0 Å². The molecule has 2 aromatic heterocycles. The van der Waals surface area contributed by atoms with E-state index in [0.29, 0.717) is 6.42 Å². The Morgan fingerprint density at radius 1 is 1.17 bits per heavy atom. The van der Waals surface area contributed by atoms with Crippen molar-refractivity contribution < 1.29 is 9.90 Å². The molecule has 3 aromatic rings. The predicted octanol–water partition coefficient (Wildman–Crippen LogP) is 4.25. The van der Waals surface area contributed by atoms with Gasteiger partial charge in [0.2, 0.25) is 0 Å². The van der Waals surface area contributed by atoms with Gasteiger partial charge in [0.25, 0.3) is 0 Å². The first-order valence-electron chi connectivity index (χ1n) is 7.38. The lowest BCUT2D eigenvalue weighted by Crippen LogP contribution is -2.14. The van der Waals surface area contributed by atoms with E-state index in [1.807, 2.05) is 49.4 Å². The standard InChI is InChI=1S/C18H16N2O2S/c1-2-16(18(21)22)23-17-8-10-20-15-7-6-12(11-13(15)17)14-5-3-4-9-19-14/h3-11,16H,2H2,1H3,(H,21,22). The molecule has 0 saturated heterocycles. The third kappa shape index (κ3) is 3.35. The smallest absolute Gasteiger partial charge is 0.316 e. The molecule has 23 heavy (non-hydrogen) atoms. The highest BCUT2D eigenvalue weighted by molar-refractivity contribution is 8.00. The summed E-state index contributed by atoms with van der Waals surface area (Å²) in [5, 5.41) is 9.79. The van der Waals surface area contributed by atoms with Crippen molar-refractivity contribution in [1.82, 2.24) is 9.97 Å². The minimum absolute atomic E-state index is 0.459. The summed E-state index contributed by atoms with van der Waals surface area (Å²) < 4.78 is 0.